The van der Waals surface area contributed by atoms with Crippen molar-refractivity contribution in [1.29, 1.82) is 0 Å². The monoisotopic (exact) mass is 325 g/mol. The van der Waals surface area contributed by atoms with E-state index in [-0.39, 0.29) is 5.56 Å². The number of pyridine rings is 1. The van der Waals surface area contributed by atoms with Gasteiger partial charge in [-0.15, -0.1) is 0 Å². The highest BCUT2D eigenvalue weighted by atomic mass is 19.2. The minimum Gasteiger partial charge on any atom is -0.354 e. The van der Waals surface area contributed by atoms with Crippen molar-refractivity contribution in [3.05, 3.63) is 84.1 Å². The first-order valence-corrected chi connectivity index (χ1v) is 7.16. The first kappa shape index (κ1) is 15.6. The quantitative estimate of drug-likeness (QED) is 0.749. The zero-order valence-electron chi connectivity index (χ0n) is 12.5. The van der Waals surface area contributed by atoms with Crippen LogP contribution in [0.2, 0.25) is 0 Å². The van der Waals surface area contributed by atoms with E-state index in [0.717, 1.165) is 23.5 Å². The molecule has 0 bridgehead atoms. The fraction of sp³-hybridized carbons (Fsp3) is 0. The third kappa shape index (κ3) is 3.73. The van der Waals surface area contributed by atoms with Crippen molar-refractivity contribution in [2.45, 2.75) is 0 Å². The van der Waals surface area contributed by atoms with Crippen molar-refractivity contribution < 1.29 is 13.6 Å². The smallest absolute Gasteiger partial charge is 0.256 e. The molecule has 2 aromatic carbocycles. The minimum absolute atomic E-state index is 0.0159. The summed E-state index contributed by atoms with van der Waals surface area (Å²) in [6, 6.07) is 15.9. The van der Waals surface area contributed by atoms with Gasteiger partial charge in [0.2, 0.25) is 0 Å². The van der Waals surface area contributed by atoms with E-state index in [9.17, 15) is 13.6 Å². The molecule has 0 spiro atoms. The summed E-state index contributed by atoms with van der Waals surface area (Å²) in [5.74, 6) is -2.33. The third-order valence-electron chi connectivity index (χ3n) is 3.25. The van der Waals surface area contributed by atoms with Gasteiger partial charge in [-0.05, 0) is 42.5 Å². The molecule has 0 aliphatic heterocycles. The largest absolute Gasteiger partial charge is 0.354 e. The van der Waals surface area contributed by atoms with Gasteiger partial charge in [-0.3, -0.25) is 4.79 Å². The van der Waals surface area contributed by atoms with Crippen LogP contribution < -0.4 is 10.6 Å². The molecule has 2 N–H and O–H groups in total. The predicted molar refractivity (Wildman–Crippen MR) is 88.3 cm³/mol. The molecule has 0 radical (unpaired) electrons. The first-order valence-electron chi connectivity index (χ1n) is 7.16. The number of carbonyl (C=O) groups excluding carboxylic acids is 1. The molecule has 0 atom stereocenters. The Labute approximate surface area is 137 Å². The van der Waals surface area contributed by atoms with E-state index < -0.39 is 17.5 Å². The summed E-state index contributed by atoms with van der Waals surface area (Å²) in [5, 5.41) is 5.69. The van der Waals surface area contributed by atoms with Gasteiger partial charge in [-0.25, -0.2) is 13.8 Å². The molecular weight excluding hydrogens is 312 g/mol. The Hall–Kier alpha value is -3.28. The van der Waals surface area contributed by atoms with E-state index in [4.69, 9.17) is 0 Å². The van der Waals surface area contributed by atoms with Gasteiger partial charge in [-0.2, -0.15) is 0 Å². The normalized spacial score (nSPS) is 10.2. The van der Waals surface area contributed by atoms with Gasteiger partial charge in [0.25, 0.3) is 5.91 Å². The lowest BCUT2D eigenvalue weighted by molar-refractivity contribution is 0.102. The Morgan fingerprint density at radius 2 is 1.67 bits per heavy atom. The van der Waals surface area contributed by atoms with Crippen LogP contribution in [0.25, 0.3) is 0 Å². The first-order chi connectivity index (χ1) is 11.6. The standard InChI is InChI=1S/C18H13F2N3O/c19-15-8-6-12(10-16(15)20)18(24)23-17-9-7-14(11-21-17)22-13-4-2-1-3-5-13/h1-11,22H,(H,21,23,24). The van der Waals surface area contributed by atoms with E-state index in [2.05, 4.69) is 15.6 Å². The van der Waals surface area contributed by atoms with Crippen LogP contribution in [0.4, 0.5) is 26.0 Å². The fourth-order valence-electron chi connectivity index (χ4n) is 2.06. The van der Waals surface area contributed by atoms with Crippen molar-refractivity contribution in [2.24, 2.45) is 0 Å². The Morgan fingerprint density at radius 1 is 0.875 bits per heavy atom. The van der Waals surface area contributed by atoms with Crippen LogP contribution in [0.3, 0.4) is 0 Å². The van der Waals surface area contributed by atoms with E-state index in [1.54, 1.807) is 18.3 Å². The lowest BCUT2D eigenvalue weighted by Crippen LogP contribution is -2.13. The zero-order chi connectivity index (χ0) is 16.9. The summed E-state index contributed by atoms with van der Waals surface area (Å²) in [5.41, 5.74) is 1.69. The van der Waals surface area contributed by atoms with Crippen molar-refractivity contribution in [1.82, 2.24) is 4.98 Å². The van der Waals surface area contributed by atoms with Crippen LogP contribution in [0.1, 0.15) is 10.4 Å². The molecule has 0 saturated heterocycles. The summed E-state index contributed by atoms with van der Waals surface area (Å²) in [6.45, 7) is 0. The molecule has 0 fully saturated rings. The van der Waals surface area contributed by atoms with Gasteiger partial charge in [0, 0.05) is 11.3 Å². The number of hydrogen-bond donors (Lipinski definition) is 2. The Kier molecular flexibility index (Phi) is 4.47. The van der Waals surface area contributed by atoms with Crippen molar-refractivity contribution >= 4 is 23.1 Å². The Balaban J connectivity index is 1.67. The van der Waals surface area contributed by atoms with Gasteiger partial charge >= 0.3 is 0 Å². The van der Waals surface area contributed by atoms with Crippen molar-refractivity contribution in [3.63, 3.8) is 0 Å². The molecule has 0 aliphatic rings. The number of benzene rings is 2. The van der Waals surface area contributed by atoms with Gasteiger partial charge in [-0.1, -0.05) is 18.2 Å². The molecule has 24 heavy (non-hydrogen) atoms. The van der Waals surface area contributed by atoms with E-state index in [0.29, 0.717) is 5.82 Å². The second-order valence-corrected chi connectivity index (χ2v) is 5.01. The van der Waals surface area contributed by atoms with Crippen LogP contribution in [0.15, 0.2) is 66.9 Å². The van der Waals surface area contributed by atoms with Crippen LogP contribution in [-0.2, 0) is 0 Å². The molecule has 1 heterocycles. The summed E-state index contributed by atoms with van der Waals surface area (Å²) in [4.78, 5) is 16.1. The average Bonchev–Trinajstić information content (AvgIpc) is 2.60. The molecule has 120 valence electrons. The fourth-order valence-corrected chi connectivity index (χ4v) is 2.06. The highest BCUT2D eigenvalue weighted by Gasteiger charge is 2.10. The molecule has 3 rings (SSSR count). The number of amides is 1. The number of hydrogen-bond acceptors (Lipinski definition) is 3. The summed E-state index contributed by atoms with van der Waals surface area (Å²) in [6.07, 6.45) is 1.56. The number of para-hydroxylation sites is 1. The minimum atomic E-state index is -1.07. The maximum absolute atomic E-state index is 13.2. The zero-order valence-corrected chi connectivity index (χ0v) is 12.5. The maximum atomic E-state index is 13.2. The average molecular weight is 325 g/mol. The molecule has 0 saturated carbocycles. The van der Waals surface area contributed by atoms with Crippen molar-refractivity contribution in [2.75, 3.05) is 10.6 Å². The summed E-state index contributed by atoms with van der Waals surface area (Å²) >= 11 is 0. The number of nitrogens with one attached hydrogen (secondary N) is 2. The molecule has 3 aromatic rings. The number of carbonyl (C=O) groups is 1. The Morgan fingerprint density at radius 3 is 2.33 bits per heavy atom. The lowest BCUT2D eigenvalue weighted by Gasteiger charge is -2.08. The number of anilines is 3. The molecular formula is C18H13F2N3O. The molecule has 4 nitrogen and oxygen atoms in total. The number of halogens is 2. The van der Waals surface area contributed by atoms with Gasteiger partial charge < -0.3 is 10.6 Å². The second-order valence-electron chi connectivity index (χ2n) is 5.01. The molecule has 6 heteroatoms. The Bertz CT molecular complexity index is 852. The topological polar surface area (TPSA) is 54.0 Å². The van der Waals surface area contributed by atoms with Crippen LogP contribution >= 0.6 is 0 Å². The van der Waals surface area contributed by atoms with E-state index in [1.807, 2.05) is 30.3 Å². The maximum Gasteiger partial charge on any atom is 0.256 e. The predicted octanol–water partition coefficient (Wildman–Crippen LogP) is 4.36. The molecule has 1 amide bonds. The molecule has 0 unspecified atom stereocenters. The van der Waals surface area contributed by atoms with Crippen molar-refractivity contribution in [3.8, 4) is 0 Å². The van der Waals surface area contributed by atoms with E-state index in [1.165, 1.54) is 6.07 Å². The van der Waals surface area contributed by atoms with Gasteiger partial charge in [0.15, 0.2) is 11.6 Å². The van der Waals surface area contributed by atoms with Gasteiger partial charge in [0.1, 0.15) is 5.82 Å². The lowest BCUT2D eigenvalue weighted by atomic mass is 10.2. The summed E-state index contributed by atoms with van der Waals surface area (Å²) < 4.78 is 26.0. The number of rotatable bonds is 4. The molecule has 1 aromatic heterocycles. The van der Waals surface area contributed by atoms with Gasteiger partial charge in [0.05, 0.1) is 11.9 Å². The SMILES string of the molecule is O=C(Nc1ccc(Nc2ccccc2)cn1)c1ccc(F)c(F)c1. The number of nitrogens with zero attached hydrogens (tertiary/aromatic N) is 1. The molecule has 0 aliphatic carbocycles. The second kappa shape index (κ2) is 6.87. The summed E-state index contributed by atoms with van der Waals surface area (Å²) in [7, 11) is 0. The highest BCUT2D eigenvalue weighted by molar-refractivity contribution is 6.03. The highest BCUT2D eigenvalue weighted by Crippen LogP contribution is 2.17. The van der Waals surface area contributed by atoms with E-state index >= 15 is 0 Å². The van der Waals surface area contributed by atoms with Crippen LogP contribution in [0, 0.1) is 11.6 Å². The third-order valence-corrected chi connectivity index (χ3v) is 3.25. The number of aromatic nitrogens is 1. The van der Waals surface area contributed by atoms with Crippen LogP contribution in [0.5, 0.6) is 0 Å². The van der Waals surface area contributed by atoms with Crippen LogP contribution in [-0.4, -0.2) is 10.9 Å².